The molecule has 174 valence electrons. The van der Waals surface area contributed by atoms with Crippen molar-refractivity contribution < 1.29 is 9.18 Å². The zero-order valence-electron chi connectivity index (χ0n) is 20.4. The topological polar surface area (TPSA) is 26.8 Å². The van der Waals surface area contributed by atoms with Crippen LogP contribution < -0.4 is 4.90 Å². The molecule has 0 bridgehead atoms. The monoisotopic (exact) mass is 439 g/mol. The molecule has 0 radical (unpaired) electrons. The SMILES string of the molecule is CC(C)C(=O)N(C[C@@H]1CN(Cc2ccc(N(C)C)cc2)C[C@H]1c1cccc(F)c1)C(C)C. The molecule has 3 rings (SSSR count). The summed E-state index contributed by atoms with van der Waals surface area (Å²) in [6.45, 7) is 11.4. The van der Waals surface area contributed by atoms with Crippen LogP contribution >= 0.6 is 0 Å². The summed E-state index contributed by atoms with van der Waals surface area (Å²) in [5.74, 6) is 0.433. The largest absolute Gasteiger partial charge is 0.378 e. The van der Waals surface area contributed by atoms with Crippen molar-refractivity contribution in [2.45, 2.75) is 46.2 Å². The van der Waals surface area contributed by atoms with Crippen molar-refractivity contribution in [1.29, 1.82) is 0 Å². The molecule has 0 spiro atoms. The van der Waals surface area contributed by atoms with E-state index in [4.69, 9.17) is 0 Å². The van der Waals surface area contributed by atoms with Crippen molar-refractivity contribution in [1.82, 2.24) is 9.80 Å². The van der Waals surface area contributed by atoms with Gasteiger partial charge in [-0.15, -0.1) is 0 Å². The first-order valence-corrected chi connectivity index (χ1v) is 11.7. The summed E-state index contributed by atoms with van der Waals surface area (Å²) in [6, 6.07) is 15.8. The highest BCUT2D eigenvalue weighted by atomic mass is 19.1. The minimum atomic E-state index is -0.196. The Kier molecular flexibility index (Phi) is 7.94. The molecule has 5 heteroatoms. The zero-order valence-corrected chi connectivity index (χ0v) is 20.4. The van der Waals surface area contributed by atoms with Gasteiger partial charge in [0.1, 0.15) is 5.82 Å². The van der Waals surface area contributed by atoms with Crippen LogP contribution in [0.15, 0.2) is 48.5 Å². The van der Waals surface area contributed by atoms with Crippen LogP contribution in [-0.4, -0.2) is 55.5 Å². The fourth-order valence-electron chi connectivity index (χ4n) is 4.69. The molecule has 1 aliphatic heterocycles. The van der Waals surface area contributed by atoms with E-state index in [1.807, 2.05) is 38.9 Å². The molecular weight excluding hydrogens is 401 g/mol. The average molecular weight is 440 g/mol. The van der Waals surface area contributed by atoms with Crippen LogP contribution in [0.5, 0.6) is 0 Å². The van der Waals surface area contributed by atoms with Crippen molar-refractivity contribution in [2.75, 3.05) is 38.6 Å². The van der Waals surface area contributed by atoms with Crippen LogP contribution in [-0.2, 0) is 11.3 Å². The van der Waals surface area contributed by atoms with Gasteiger partial charge in [0.25, 0.3) is 0 Å². The minimum Gasteiger partial charge on any atom is -0.378 e. The van der Waals surface area contributed by atoms with Crippen molar-refractivity contribution in [2.24, 2.45) is 11.8 Å². The van der Waals surface area contributed by atoms with E-state index in [2.05, 4.69) is 47.9 Å². The lowest BCUT2D eigenvalue weighted by atomic mass is 9.88. The van der Waals surface area contributed by atoms with E-state index in [1.165, 1.54) is 17.3 Å². The number of carbonyl (C=O) groups is 1. The number of hydrogen-bond acceptors (Lipinski definition) is 3. The quantitative estimate of drug-likeness (QED) is 0.579. The summed E-state index contributed by atoms with van der Waals surface area (Å²) in [5, 5.41) is 0. The van der Waals surface area contributed by atoms with Crippen LogP contribution in [0, 0.1) is 17.7 Å². The first-order valence-electron chi connectivity index (χ1n) is 11.7. The highest BCUT2D eigenvalue weighted by Gasteiger charge is 2.36. The molecule has 2 atom stereocenters. The lowest BCUT2D eigenvalue weighted by Gasteiger charge is -2.33. The summed E-state index contributed by atoms with van der Waals surface area (Å²) in [7, 11) is 4.09. The van der Waals surface area contributed by atoms with Gasteiger partial charge in [-0.1, -0.05) is 38.1 Å². The predicted molar refractivity (Wildman–Crippen MR) is 130 cm³/mol. The average Bonchev–Trinajstić information content (AvgIpc) is 3.14. The van der Waals surface area contributed by atoms with Gasteiger partial charge in [-0.3, -0.25) is 9.69 Å². The summed E-state index contributed by atoms with van der Waals surface area (Å²) < 4.78 is 14.0. The third-order valence-corrected chi connectivity index (χ3v) is 6.48. The van der Waals surface area contributed by atoms with E-state index in [-0.39, 0.29) is 35.5 Å². The number of rotatable bonds is 8. The third-order valence-electron chi connectivity index (χ3n) is 6.48. The third kappa shape index (κ3) is 5.89. The molecule has 32 heavy (non-hydrogen) atoms. The molecule has 2 aromatic rings. The molecule has 1 saturated heterocycles. The molecule has 1 aliphatic rings. The fraction of sp³-hybridized carbons (Fsp3) is 0.519. The Morgan fingerprint density at radius 2 is 1.75 bits per heavy atom. The highest BCUT2D eigenvalue weighted by Crippen LogP contribution is 2.35. The molecule has 0 aromatic heterocycles. The lowest BCUT2D eigenvalue weighted by Crippen LogP contribution is -2.43. The Morgan fingerprint density at radius 3 is 2.31 bits per heavy atom. The molecule has 1 fully saturated rings. The highest BCUT2D eigenvalue weighted by molar-refractivity contribution is 5.78. The Balaban J connectivity index is 1.81. The zero-order chi connectivity index (χ0) is 23.4. The molecule has 0 N–H and O–H groups in total. The maximum atomic E-state index is 14.0. The molecule has 1 amide bonds. The molecule has 0 aliphatic carbocycles. The number of anilines is 1. The fourth-order valence-corrected chi connectivity index (χ4v) is 4.69. The van der Waals surface area contributed by atoms with Gasteiger partial charge in [0.2, 0.25) is 5.91 Å². The number of nitrogens with zero attached hydrogens (tertiary/aromatic N) is 3. The van der Waals surface area contributed by atoms with Crippen LogP contribution in [0.2, 0.25) is 0 Å². The standard InChI is InChI=1S/C27H38FN3O/c1-19(2)27(32)31(20(3)4)17-23-16-30(15-21-10-12-25(13-11-21)29(5)6)18-26(23)22-8-7-9-24(28)14-22/h7-14,19-20,23,26H,15-18H2,1-6H3/t23-,26-/m0/s1. The number of halogens is 1. The van der Waals surface area contributed by atoms with Crippen molar-refractivity contribution >= 4 is 11.6 Å². The Hall–Kier alpha value is -2.40. The first kappa shape index (κ1) is 24.2. The van der Waals surface area contributed by atoms with Gasteiger partial charge in [-0.05, 0) is 55.2 Å². The number of amides is 1. The van der Waals surface area contributed by atoms with E-state index < -0.39 is 0 Å². The molecule has 0 unspecified atom stereocenters. The van der Waals surface area contributed by atoms with Gasteiger partial charge in [0.05, 0.1) is 0 Å². The van der Waals surface area contributed by atoms with Crippen molar-refractivity contribution in [3.63, 3.8) is 0 Å². The Labute approximate surface area is 193 Å². The second-order valence-corrected chi connectivity index (χ2v) is 9.92. The summed E-state index contributed by atoms with van der Waals surface area (Å²) in [5.41, 5.74) is 3.49. The molecule has 2 aromatic carbocycles. The van der Waals surface area contributed by atoms with E-state index >= 15 is 0 Å². The molecule has 1 heterocycles. The molecule has 0 saturated carbocycles. The van der Waals surface area contributed by atoms with E-state index in [0.717, 1.165) is 25.2 Å². The number of benzene rings is 2. The molecule has 4 nitrogen and oxygen atoms in total. The minimum absolute atomic E-state index is 0.0299. The van der Waals surface area contributed by atoms with E-state index in [9.17, 15) is 9.18 Å². The van der Waals surface area contributed by atoms with Gasteiger partial charge >= 0.3 is 0 Å². The summed E-state index contributed by atoms with van der Waals surface area (Å²) in [6.07, 6.45) is 0. The van der Waals surface area contributed by atoms with Crippen molar-refractivity contribution in [3.8, 4) is 0 Å². The van der Waals surface area contributed by atoms with Crippen LogP contribution in [0.25, 0.3) is 0 Å². The normalized spacial score (nSPS) is 19.0. The van der Waals surface area contributed by atoms with Crippen LogP contribution in [0.1, 0.15) is 44.7 Å². The van der Waals surface area contributed by atoms with Gasteiger partial charge in [-0.2, -0.15) is 0 Å². The van der Waals surface area contributed by atoms with E-state index in [1.54, 1.807) is 12.1 Å². The van der Waals surface area contributed by atoms with E-state index in [0.29, 0.717) is 6.54 Å². The number of carbonyl (C=O) groups excluding carboxylic acids is 1. The Morgan fingerprint density at radius 1 is 1.06 bits per heavy atom. The second-order valence-electron chi connectivity index (χ2n) is 9.92. The maximum absolute atomic E-state index is 14.0. The van der Waals surface area contributed by atoms with Gasteiger partial charge in [0.15, 0.2) is 0 Å². The Bertz CT molecular complexity index is 894. The summed E-state index contributed by atoms with van der Waals surface area (Å²) >= 11 is 0. The number of likely N-dealkylation sites (tertiary alicyclic amines) is 1. The van der Waals surface area contributed by atoms with Crippen LogP contribution in [0.4, 0.5) is 10.1 Å². The predicted octanol–water partition coefficient (Wildman–Crippen LogP) is 5.00. The lowest BCUT2D eigenvalue weighted by molar-refractivity contribution is -0.136. The molecular formula is C27H38FN3O. The maximum Gasteiger partial charge on any atom is 0.225 e. The number of hydrogen-bond donors (Lipinski definition) is 0. The van der Waals surface area contributed by atoms with Gasteiger partial charge < -0.3 is 9.80 Å². The second kappa shape index (κ2) is 10.5. The smallest absolute Gasteiger partial charge is 0.225 e. The first-order chi connectivity index (χ1) is 15.2. The summed E-state index contributed by atoms with van der Waals surface area (Å²) in [4.78, 5) is 19.4. The van der Waals surface area contributed by atoms with Crippen molar-refractivity contribution in [3.05, 3.63) is 65.5 Å². The van der Waals surface area contributed by atoms with Crippen LogP contribution in [0.3, 0.4) is 0 Å². The van der Waals surface area contributed by atoms with Gasteiger partial charge in [0, 0.05) is 63.8 Å². The van der Waals surface area contributed by atoms with Gasteiger partial charge in [-0.25, -0.2) is 4.39 Å².